The second kappa shape index (κ2) is 16.9. The minimum absolute atomic E-state index is 0.0169. The lowest BCUT2D eigenvalue weighted by atomic mass is 10.1. The minimum Gasteiger partial charge on any atom is -0.496 e. The molecular formula is C34H33F2N7O14P2S. The van der Waals surface area contributed by atoms with Crippen LogP contribution in [-0.4, -0.2) is 97.0 Å². The van der Waals surface area contributed by atoms with Gasteiger partial charge in [0.15, 0.2) is 36.3 Å². The topological polar surface area (TPSA) is 270 Å². The van der Waals surface area contributed by atoms with Gasteiger partial charge in [0.2, 0.25) is 0 Å². The number of alkyl halides is 2. The zero-order valence-corrected chi connectivity index (χ0v) is 33.4. The zero-order chi connectivity index (χ0) is 42.3. The molecule has 6 heterocycles. The number of nitrogens with two attached hydrogens (primary N) is 1. The Bertz CT molecular complexity index is 2620. The first-order valence-electron chi connectivity index (χ1n) is 17.7. The van der Waals surface area contributed by atoms with Crippen molar-refractivity contribution in [2.75, 3.05) is 26.1 Å². The van der Waals surface area contributed by atoms with Crippen molar-refractivity contribution in [1.29, 1.82) is 0 Å². The van der Waals surface area contributed by atoms with Gasteiger partial charge in [-0.05, 0) is 41.2 Å². The van der Waals surface area contributed by atoms with Crippen LogP contribution in [0.5, 0.6) is 11.5 Å². The third-order valence-electron chi connectivity index (χ3n) is 9.48. The molecule has 26 heteroatoms. The normalized spacial score (nSPS) is 30.8. The third kappa shape index (κ3) is 8.53. The number of halogens is 2. The number of hydrogen-bond acceptors (Lipinski definition) is 18. The maximum atomic E-state index is 16.4. The van der Waals surface area contributed by atoms with E-state index in [2.05, 4.69) is 15.0 Å². The first kappa shape index (κ1) is 41.8. The average molecular weight is 896 g/mol. The van der Waals surface area contributed by atoms with Crippen molar-refractivity contribution in [2.45, 2.75) is 55.0 Å². The number of aromatic amines is 1. The molecule has 3 aliphatic heterocycles. The van der Waals surface area contributed by atoms with Gasteiger partial charge in [0, 0.05) is 18.0 Å². The predicted octanol–water partition coefficient (Wildman–Crippen LogP) is 3.62. The standard InChI is InChI=1S/C34H33F2N7O14P2S/c1-50-20-5-3-2-4-19(20)33(45)53-18-8-6-17(7-9-18)14-60-59(49)52-13-22-27(24(35)32(55-22)43-16-40-26-29(37)38-15-39-30(26)43)56-58(47,48)51-12-21-28(57-59)25(36)31(54-21)42-11-10-23(44)41-34(42)46/h2-11,15-16,21-22,24-25,27-28,31-32H,12-14H2,1H3,(H,47,48)(H2,37,38,39)(H,41,44,46)/t21-,22-,24-,25-,27-,28-,31-,32-,59?/m1/s1. The number of ether oxygens (including phenoxy) is 4. The molecule has 2 unspecified atom stereocenters. The summed E-state index contributed by atoms with van der Waals surface area (Å²) >= 11 is 0.582. The SMILES string of the molecule is COc1ccccc1C(=O)Oc1ccc(CSP2(=O)OC[C@H]3O[C@@H](n4cnc5c(N)ncnc54)[C@H](F)[C@@H]3OP(=O)(O)OC[C@H]3O[C@@H](n4ccc(=O)[nH]c4=O)[C@H](F)[C@@H]3O2)cc1. The van der Waals surface area contributed by atoms with Gasteiger partial charge >= 0.3 is 26.3 Å². The van der Waals surface area contributed by atoms with Crippen molar-refractivity contribution < 1.29 is 64.6 Å². The molecule has 21 nitrogen and oxygen atoms in total. The second-order valence-corrected chi connectivity index (χ2v) is 18.7. The summed E-state index contributed by atoms with van der Waals surface area (Å²) in [7, 11) is -3.82. The van der Waals surface area contributed by atoms with Crippen molar-refractivity contribution >= 4 is 49.0 Å². The van der Waals surface area contributed by atoms with Crippen molar-refractivity contribution in [3.8, 4) is 11.5 Å². The summed E-state index contributed by atoms with van der Waals surface area (Å²) in [6.07, 6.45) is -11.8. The lowest BCUT2D eigenvalue weighted by Gasteiger charge is -2.29. The molecule has 8 rings (SSSR count). The van der Waals surface area contributed by atoms with Crippen molar-refractivity contribution in [3.05, 3.63) is 105 Å². The number of para-hydroxylation sites is 1. The molecule has 0 aliphatic carbocycles. The van der Waals surface area contributed by atoms with E-state index in [-0.39, 0.29) is 34.0 Å². The van der Waals surface area contributed by atoms with Crippen LogP contribution in [0.1, 0.15) is 28.4 Å². The zero-order valence-electron chi connectivity index (χ0n) is 30.8. The molecule has 2 aromatic carbocycles. The largest absolute Gasteiger partial charge is 0.496 e. The highest BCUT2D eigenvalue weighted by Crippen LogP contribution is 2.65. The molecule has 0 saturated carbocycles. The summed E-state index contributed by atoms with van der Waals surface area (Å²) in [4.78, 5) is 62.0. The van der Waals surface area contributed by atoms with Gasteiger partial charge in [0.1, 0.15) is 53.3 Å². The molecule has 4 N–H and O–H groups in total. The van der Waals surface area contributed by atoms with Crippen LogP contribution >= 0.6 is 26.0 Å². The summed E-state index contributed by atoms with van der Waals surface area (Å²) in [5.41, 5.74) is 4.89. The van der Waals surface area contributed by atoms with Crippen molar-refractivity contribution in [1.82, 2.24) is 29.1 Å². The third-order valence-corrected chi connectivity index (χ3v) is 14.1. The quantitative estimate of drug-likeness (QED) is 0.114. The summed E-state index contributed by atoms with van der Waals surface area (Å²) in [6.45, 7) is -6.41. The van der Waals surface area contributed by atoms with Crippen LogP contribution in [0.25, 0.3) is 11.2 Å². The van der Waals surface area contributed by atoms with E-state index in [0.29, 0.717) is 27.3 Å². The number of nitrogens with zero attached hydrogens (tertiary/aromatic N) is 5. The monoisotopic (exact) mass is 895 g/mol. The fourth-order valence-corrected chi connectivity index (χ4v) is 10.9. The van der Waals surface area contributed by atoms with E-state index < -0.39 is 94.3 Å². The number of fused-ring (bicyclic) bond motifs is 3. The number of phosphoric ester groups is 1. The van der Waals surface area contributed by atoms with Crippen LogP contribution in [-0.2, 0) is 42.5 Å². The number of rotatable bonds is 8. The molecule has 0 spiro atoms. The highest BCUT2D eigenvalue weighted by atomic mass is 32.7. The Hall–Kier alpha value is -4.87. The Labute approximate surface area is 339 Å². The summed E-state index contributed by atoms with van der Waals surface area (Å²) < 4.78 is 107. The number of nitrogens with one attached hydrogen (secondary N) is 1. The number of H-pyrrole nitrogens is 1. The molecule has 3 fully saturated rings. The predicted molar refractivity (Wildman–Crippen MR) is 203 cm³/mol. The van der Waals surface area contributed by atoms with Gasteiger partial charge in [-0.3, -0.25) is 37.0 Å². The van der Waals surface area contributed by atoms with Gasteiger partial charge in [0.05, 0.1) is 26.7 Å². The summed E-state index contributed by atoms with van der Waals surface area (Å²) in [5.74, 6) is -0.345. The molecule has 5 aromatic rings. The van der Waals surface area contributed by atoms with E-state index in [1.54, 1.807) is 30.3 Å². The van der Waals surface area contributed by atoms with E-state index in [9.17, 15) is 28.4 Å². The summed E-state index contributed by atoms with van der Waals surface area (Å²) in [6, 6.07) is 13.5. The highest BCUT2D eigenvalue weighted by molar-refractivity contribution is 8.54. The van der Waals surface area contributed by atoms with E-state index in [1.165, 1.54) is 25.3 Å². The first-order valence-corrected chi connectivity index (χ1v) is 22.4. The second-order valence-electron chi connectivity index (χ2n) is 13.3. The Balaban J connectivity index is 1.07. The van der Waals surface area contributed by atoms with Gasteiger partial charge in [-0.25, -0.2) is 42.5 Å². The molecule has 3 aromatic heterocycles. The van der Waals surface area contributed by atoms with Gasteiger partial charge in [0.25, 0.3) is 5.56 Å². The van der Waals surface area contributed by atoms with Crippen molar-refractivity contribution in [3.63, 3.8) is 0 Å². The fourth-order valence-electron chi connectivity index (χ4n) is 6.59. The number of esters is 1. The highest BCUT2D eigenvalue weighted by Gasteiger charge is 2.55. The number of phosphoric acid groups is 1. The average Bonchev–Trinajstić information content (AvgIpc) is 3.89. The number of aromatic nitrogens is 6. The molecule has 0 bridgehead atoms. The number of carbonyl (C=O) groups is 1. The van der Waals surface area contributed by atoms with Crippen LogP contribution in [0.3, 0.4) is 0 Å². The fraction of sp³-hybridized carbons (Fsp3) is 0.353. The van der Waals surface area contributed by atoms with E-state index in [4.69, 9.17) is 42.8 Å². The van der Waals surface area contributed by atoms with Gasteiger partial charge < -0.3 is 29.6 Å². The molecule has 318 valence electrons. The number of hydrogen-bond donors (Lipinski definition) is 3. The van der Waals surface area contributed by atoms with Crippen LogP contribution in [0.15, 0.2) is 83.0 Å². The van der Waals surface area contributed by atoms with Crippen molar-refractivity contribution in [2.24, 2.45) is 0 Å². The molecular weight excluding hydrogens is 862 g/mol. The maximum Gasteiger partial charge on any atom is 0.472 e. The Morgan fingerprint density at radius 1 is 0.950 bits per heavy atom. The number of nitrogen functional groups attached to an aromatic ring is 1. The number of carbonyl (C=O) groups excluding carboxylic acids is 1. The van der Waals surface area contributed by atoms with E-state index in [1.807, 2.05) is 4.98 Å². The van der Waals surface area contributed by atoms with E-state index in [0.717, 1.165) is 29.5 Å². The van der Waals surface area contributed by atoms with Gasteiger partial charge in [-0.15, -0.1) is 0 Å². The number of anilines is 1. The molecule has 10 atom stereocenters. The van der Waals surface area contributed by atoms with Crippen LogP contribution in [0.2, 0.25) is 0 Å². The lowest BCUT2D eigenvalue weighted by Crippen LogP contribution is -2.38. The van der Waals surface area contributed by atoms with Crippen LogP contribution in [0.4, 0.5) is 14.6 Å². The number of methoxy groups -OCH3 is 1. The minimum atomic E-state index is -5.23. The molecule has 0 amide bonds. The Morgan fingerprint density at radius 2 is 1.63 bits per heavy atom. The Morgan fingerprint density at radius 3 is 2.35 bits per heavy atom. The van der Waals surface area contributed by atoms with E-state index >= 15 is 8.78 Å². The molecule has 3 aliphatic rings. The summed E-state index contributed by atoms with van der Waals surface area (Å²) in [5, 5.41) is 0. The number of benzene rings is 2. The Kier molecular flexibility index (Phi) is 11.8. The molecule has 3 saturated heterocycles. The maximum absolute atomic E-state index is 16.4. The van der Waals surface area contributed by atoms with Crippen LogP contribution < -0.4 is 26.5 Å². The van der Waals surface area contributed by atoms with Gasteiger partial charge in [-0.2, -0.15) is 0 Å². The molecule has 0 radical (unpaired) electrons. The van der Waals surface area contributed by atoms with Crippen LogP contribution in [0, 0.1) is 0 Å². The smallest absolute Gasteiger partial charge is 0.472 e. The lowest BCUT2D eigenvalue weighted by molar-refractivity contribution is -0.0619. The number of imidazole rings is 1. The first-order chi connectivity index (χ1) is 28.7. The van der Waals surface area contributed by atoms with Gasteiger partial charge in [-0.1, -0.05) is 24.3 Å². The molecule has 60 heavy (non-hydrogen) atoms.